The molecular formula is C29H32Cl3N3O4S. The van der Waals surface area contributed by atoms with Crippen molar-refractivity contribution in [2.24, 2.45) is 0 Å². The van der Waals surface area contributed by atoms with Crippen molar-refractivity contribution < 1.29 is 18.0 Å². The molecule has 0 aliphatic heterocycles. The van der Waals surface area contributed by atoms with Gasteiger partial charge in [-0.2, -0.15) is 0 Å². The molecule has 0 saturated heterocycles. The molecule has 40 heavy (non-hydrogen) atoms. The first-order valence-corrected chi connectivity index (χ1v) is 15.4. The average Bonchev–Trinajstić information content (AvgIpc) is 2.94. The van der Waals surface area contributed by atoms with E-state index in [4.69, 9.17) is 34.8 Å². The molecule has 11 heteroatoms. The second kappa shape index (κ2) is 14.2. The van der Waals surface area contributed by atoms with Crippen LogP contribution >= 0.6 is 34.8 Å². The van der Waals surface area contributed by atoms with Gasteiger partial charge in [-0.15, -0.1) is 0 Å². The molecular weight excluding hydrogens is 593 g/mol. The topological polar surface area (TPSA) is 86.8 Å². The molecule has 0 fully saturated rings. The molecule has 0 aliphatic carbocycles. The third-order valence-corrected chi connectivity index (χ3v) is 9.23. The highest BCUT2D eigenvalue weighted by molar-refractivity contribution is 7.92. The largest absolute Gasteiger partial charge is 0.352 e. The predicted octanol–water partition coefficient (Wildman–Crippen LogP) is 6.56. The average molecular weight is 625 g/mol. The van der Waals surface area contributed by atoms with Crippen molar-refractivity contribution in [3.63, 3.8) is 0 Å². The monoisotopic (exact) mass is 623 g/mol. The standard InChI is InChI=1S/C29H32Cl3N3O4S/c1-4-20(3)33-29(37)27(5-2)34(18-21-11-13-22(30)14-12-21)28(36)19-35(23-15-16-25(31)26(32)17-23)40(38,39)24-9-7-6-8-10-24/h6-17,20,27H,4-5,18-19H2,1-3H3,(H,33,37). The zero-order chi connectivity index (χ0) is 29.4. The van der Waals surface area contributed by atoms with Crippen molar-refractivity contribution in [2.45, 2.75) is 57.1 Å². The van der Waals surface area contributed by atoms with Gasteiger partial charge in [-0.05, 0) is 67.8 Å². The van der Waals surface area contributed by atoms with Crippen LogP contribution in [0.1, 0.15) is 39.2 Å². The van der Waals surface area contributed by atoms with E-state index in [1.165, 1.54) is 35.2 Å². The first-order chi connectivity index (χ1) is 19.0. The van der Waals surface area contributed by atoms with Gasteiger partial charge in [0.25, 0.3) is 10.0 Å². The van der Waals surface area contributed by atoms with Crippen LogP contribution in [0.15, 0.2) is 77.7 Å². The number of nitrogens with one attached hydrogen (secondary N) is 1. The van der Waals surface area contributed by atoms with Gasteiger partial charge in [-0.1, -0.05) is 79.0 Å². The zero-order valence-corrected chi connectivity index (χ0v) is 25.6. The molecule has 2 unspecified atom stereocenters. The fourth-order valence-corrected chi connectivity index (χ4v) is 5.88. The summed E-state index contributed by atoms with van der Waals surface area (Å²) in [6.45, 7) is 5.14. The summed E-state index contributed by atoms with van der Waals surface area (Å²) in [7, 11) is -4.20. The molecule has 2 atom stereocenters. The van der Waals surface area contributed by atoms with E-state index in [9.17, 15) is 18.0 Å². The number of hydrogen-bond donors (Lipinski definition) is 1. The van der Waals surface area contributed by atoms with Crippen molar-refractivity contribution in [3.8, 4) is 0 Å². The maximum absolute atomic E-state index is 14.0. The minimum absolute atomic E-state index is 0.000297. The summed E-state index contributed by atoms with van der Waals surface area (Å²) >= 11 is 18.4. The molecule has 3 rings (SSSR count). The maximum atomic E-state index is 14.0. The number of benzene rings is 3. The number of carbonyl (C=O) groups excluding carboxylic acids is 2. The molecule has 0 bridgehead atoms. The number of hydrogen-bond acceptors (Lipinski definition) is 4. The first kappa shape index (κ1) is 31.7. The van der Waals surface area contributed by atoms with E-state index in [1.54, 1.807) is 49.4 Å². The van der Waals surface area contributed by atoms with Gasteiger partial charge in [-0.25, -0.2) is 8.42 Å². The Labute approximate surface area is 251 Å². The van der Waals surface area contributed by atoms with Crippen LogP contribution in [-0.4, -0.2) is 43.8 Å². The van der Waals surface area contributed by atoms with E-state index in [0.717, 1.165) is 9.87 Å². The Bertz CT molecular complexity index is 1420. The van der Waals surface area contributed by atoms with Gasteiger partial charge in [0.05, 0.1) is 20.6 Å². The molecule has 0 radical (unpaired) electrons. The summed E-state index contributed by atoms with van der Waals surface area (Å²) in [5, 5.41) is 3.86. The molecule has 0 spiro atoms. The molecule has 2 amide bonds. The van der Waals surface area contributed by atoms with Crippen LogP contribution in [0.2, 0.25) is 15.1 Å². The quantitative estimate of drug-likeness (QED) is 0.247. The fourth-order valence-electron chi connectivity index (χ4n) is 4.04. The number of rotatable bonds is 12. The van der Waals surface area contributed by atoms with Crippen LogP contribution in [-0.2, 0) is 26.2 Å². The van der Waals surface area contributed by atoms with Crippen LogP contribution in [0.5, 0.6) is 0 Å². The summed E-state index contributed by atoms with van der Waals surface area (Å²) in [5.41, 5.74) is 0.898. The molecule has 1 N–H and O–H groups in total. The smallest absolute Gasteiger partial charge is 0.264 e. The Morgan fingerprint density at radius 1 is 0.875 bits per heavy atom. The SMILES string of the molecule is CCC(C)NC(=O)C(CC)N(Cc1ccc(Cl)cc1)C(=O)CN(c1ccc(Cl)c(Cl)c1)S(=O)(=O)c1ccccc1. The highest BCUT2D eigenvalue weighted by Gasteiger charge is 2.34. The van der Waals surface area contributed by atoms with Crippen molar-refractivity contribution in [1.29, 1.82) is 0 Å². The zero-order valence-electron chi connectivity index (χ0n) is 22.5. The molecule has 0 aliphatic rings. The van der Waals surface area contributed by atoms with Crippen molar-refractivity contribution in [2.75, 3.05) is 10.8 Å². The number of halogens is 3. The van der Waals surface area contributed by atoms with Gasteiger partial charge in [0, 0.05) is 17.6 Å². The Morgan fingerprint density at radius 2 is 1.52 bits per heavy atom. The van der Waals surface area contributed by atoms with E-state index >= 15 is 0 Å². The third-order valence-electron chi connectivity index (χ3n) is 6.45. The van der Waals surface area contributed by atoms with Crippen LogP contribution in [0.3, 0.4) is 0 Å². The Hall–Kier alpha value is -2.78. The lowest BCUT2D eigenvalue weighted by Gasteiger charge is -2.33. The molecule has 214 valence electrons. The van der Waals surface area contributed by atoms with Gasteiger partial charge in [0.15, 0.2) is 0 Å². The molecule has 0 aromatic heterocycles. The second-order valence-corrected chi connectivity index (χ2v) is 12.4. The van der Waals surface area contributed by atoms with Crippen LogP contribution in [0, 0.1) is 0 Å². The highest BCUT2D eigenvalue weighted by atomic mass is 35.5. The van der Waals surface area contributed by atoms with Crippen LogP contribution in [0.4, 0.5) is 5.69 Å². The normalized spacial score (nSPS) is 12.8. The van der Waals surface area contributed by atoms with Crippen LogP contribution < -0.4 is 9.62 Å². The minimum Gasteiger partial charge on any atom is -0.352 e. The molecule has 3 aromatic rings. The Balaban J connectivity index is 2.06. The van der Waals surface area contributed by atoms with E-state index < -0.39 is 28.5 Å². The second-order valence-electron chi connectivity index (χ2n) is 9.31. The van der Waals surface area contributed by atoms with E-state index in [2.05, 4.69) is 5.32 Å². The van der Waals surface area contributed by atoms with Gasteiger partial charge >= 0.3 is 0 Å². The lowest BCUT2D eigenvalue weighted by Crippen LogP contribution is -2.53. The van der Waals surface area contributed by atoms with Crippen molar-refractivity contribution in [1.82, 2.24) is 10.2 Å². The van der Waals surface area contributed by atoms with Gasteiger partial charge in [0.1, 0.15) is 12.6 Å². The summed E-state index contributed by atoms with van der Waals surface area (Å²) in [6.07, 6.45) is 1.04. The number of anilines is 1. The maximum Gasteiger partial charge on any atom is 0.264 e. The van der Waals surface area contributed by atoms with Crippen molar-refractivity contribution in [3.05, 3.63) is 93.4 Å². The van der Waals surface area contributed by atoms with E-state index in [-0.39, 0.29) is 39.1 Å². The fraction of sp³-hybridized carbons (Fsp3) is 0.310. The molecule has 0 heterocycles. The van der Waals surface area contributed by atoms with Crippen LogP contribution in [0.25, 0.3) is 0 Å². The van der Waals surface area contributed by atoms with E-state index in [1.807, 2.05) is 13.8 Å². The Kier molecular flexibility index (Phi) is 11.3. The van der Waals surface area contributed by atoms with Gasteiger partial charge in [-0.3, -0.25) is 13.9 Å². The highest BCUT2D eigenvalue weighted by Crippen LogP contribution is 2.31. The Morgan fingerprint density at radius 3 is 2.10 bits per heavy atom. The molecule has 7 nitrogen and oxygen atoms in total. The minimum atomic E-state index is -4.20. The molecule has 3 aromatic carbocycles. The number of carbonyl (C=O) groups is 2. The summed E-state index contributed by atoms with van der Waals surface area (Å²) < 4.78 is 28.6. The molecule has 0 saturated carbocycles. The number of nitrogens with zero attached hydrogens (tertiary/aromatic N) is 2. The predicted molar refractivity (Wildman–Crippen MR) is 161 cm³/mol. The number of sulfonamides is 1. The number of amides is 2. The lowest BCUT2D eigenvalue weighted by atomic mass is 10.1. The van der Waals surface area contributed by atoms with E-state index in [0.29, 0.717) is 17.9 Å². The summed E-state index contributed by atoms with van der Waals surface area (Å²) in [6, 6.07) is 18.1. The van der Waals surface area contributed by atoms with Crippen molar-refractivity contribution >= 4 is 62.3 Å². The van der Waals surface area contributed by atoms with Gasteiger partial charge < -0.3 is 10.2 Å². The van der Waals surface area contributed by atoms with Gasteiger partial charge in [0.2, 0.25) is 11.8 Å². The first-order valence-electron chi connectivity index (χ1n) is 12.8. The lowest BCUT2D eigenvalue weighted by molar-refractivity contribution is -0.140. The summed E-state index contributed by atoms with van der Waals surface area (Å²) in [4.78, 5) is 28.8. The summed E-state index contributed by atoms with van der Waals surface area (Å²) in [5.74, 6) is -0.877. The third kappa shape index (κ3) is 7.91.